The van der Waals surface area contributed by atoms with Crippen LogP contribution >= 0.6 is 0 Å². The molecule has 0 radical (unpaired) electrons. The van der Waals surface area contributed by atoms with Gasteiger partial charge < -0.3 is 5.11 Å². The lowest BCUT2D eigenvalue weighted by Gasteiger charge is -2.35. The molecule has 0 bridgehead atoms. The zero-order chi connectivity index (χ0) is 14.4. The van der Waals surface area contributed by atoms with Gasteiger partial charge in [-0.05, 0) is 31.2 Å². The Morgan fingerprint density at radius 2 is 1.95 bits per heavy atom. The van der Waals surface area contributed by atoms with Gasteiger partial charge in [-0.25, -0.2) is 0 Å². The van der Waals surface area contributed by atoms with Crippen molar-refractivity contribution in [3.05, 3.63) is 35.9 Å². The van der Waals surface area contributed by atoms with Gasteiger partial charge in [0.2, 0.25) is 0 Å². The minimum absolute atomic E-state index is 0.177. The van der Waals surface area contributed by atoms with E-state index in [4.69, 9.17) is 0 Å². The molecular weight excluding hydrogens is 250 g/mol. The van der Waals surface area contributed by atoms with Crippen molar-refractivity contribution in [3.8, 4) is 0 Å². The number of aliphatic carboxylic acids is 1. The first-order valence-electron chi connectivity index (χ1n) is 7.72. The largest absolute Gasteiger partial charge is 0.480 e. The van der Waals surface area contributed by atoms with Crippen LogP contribution in [0.15, 0.2) is 30.3 Å². The summed E-state index contributed by atoms with van der Waals surface area (Å²) < 4.78 is 0. The summed E-state index contributed by atoms with van der Waals surface area (Å²) in [6.45, 7) is 2.34. The normalized spacial score (nSPS) is 17.5. The summed E-state index contributed by atoms with van der Waals surface area (Å²) in [4.78, 5) is 13.4. The Morgan fingerprint density at radius 1 is 1.30 bits per heavy atom. The van der Waals surface area contributed by atoms with E-state index < -0.39 is 5.97 Å². The number of rotatable bonds is 7. The van der Waals surface area contributed by atoms with Gasteiger partial charge in [0.25, 0.3) is 0 Å². The lowest BCUT2D eigenvalue weighted by Crippen LogP contribution is -2.45. The first kappa shape index (κ1) is 15.0. The maximum Gasteiger partial charge on any atom is 0.317 e. The number of hydrogen-bond acceptors (Lipinski definition) is 2. The molecule has 1 aliphatic rings. The standard InChI is InChI=1S/C17H25NO2/c1-2-15(12-14-8-4-3-5-9-14)18(13-17(19)20)16-10-6-7-11-16/h3-5,8-9,15-16H,2,6-7,10-13H2,1H3,(H,19,20). The highest BCUT2D eigenvalue weighted by molar-refractivity contribution is 5.69. The van der Waals surface area contributed by atoms with Gasteiger partial charge in [0.1, 0.15) is 0 Å². The molecule has 0 heterocycles. The van der Waals surface area contributed by atoms with Gasteiger partial charge in [0.15, 0.2) is 0 Å². The van der Waals surface area contributed by atoms with Crippen molar-refractivity contribution in [1.29, 1.82) is 0 Å². The van der Waals surface area contributed by atoms with E-state index in [0.29, 0.717) is 12.1 Å². The number of nitrogens with zero attached hydrogens (tertiary/aromatic N) is 1. The van der Waals surface area contributed by atoms with Gasteiger partial charge in [0, 0.05) is 12.1 Å². The topological polar surface area (TPSA) is 40.5 Å². The third-order valence-corrected chi connectivity index (χ3v) is 4.37. The fraction of sp³-hybridized carbons (Fsp3) is 0.588. The van der Waals surface area contributed by atoms with E-state index in [1.807, 2.05) is 6.07 Å². The molecule has 0 aliphatic heterocycles. The molecule has 0 amide bonds. The molecule has 0 saturated heterocycles. The molecule has 1 aromatic carbocycles. The van der Waals surface area contributed by atoms with Crippen LogP contribution in [0.4, 0.5) is 0 Å². The highest BCUT2D eigenvalue weighted by Gasteiger charge is 2.29. The van der Waals surface area contributed by atoms with Gasteiger partial charge in [0.05, 0.1) is 6.54 Å². The number of carbonyl (C=O) groups is 1. The highest BCUT2D eigenvalue weighted by atomic mass is 16.4. The van der Waals surface area contributed by atoms with Crippen LogP contribution in [0.5, 0.6) is 0 Å². The summed E-state index contributed by atoms with van der Waals surface area (Å²) in [5.74, 6) is -0.705. The molecule has 1 aliphatic carbocycles. The van der Waals surface area contributed by atoms with E-state index in [2.05, 4.69) is 36.1 Å². The molecule has 1 fully saturated rings. The summed E-state index contributed by atoms with van der Waals surface area (Å²) in [7, 11) is 0. The Balaban J connectivity index is 2.09. The molecule has 20 heavy (non-hydrogen) atoms. The molecule has 1 saturated carbocycles. The van der Waals surface area contributed by atoms with E-state index in [9.17, 15) is 9.90 Å². The minimum atomic E-state index is -0.705. The molecule has 3 nitrogen and oxygen atoms in total. The second-order valence-corrected chi connectivity index (χ2v) is 5.76. The fourth-order valence-corrected chi connectivity index (χ4v) is 3.33. The summed E-state index contributed by atoms with van der Waals surface area (Å²) in [6, 6.07) is 11.2. The van der Waals surface area contributed by atoms with Crippen LogP contribution in [-0.2, 0) is 11.2 Å². The zero-order valence-electron chi connectivity index (χ0n) is 12.3. The van der Waals surface area contributed by atoms with Crippen molar-refractivity contribution in [3.63, 3.8) is 0 Å². The van der Waals surface area contributed by atoms with Crippen LogP contribution in [0.3, 0.4) is 0 Å². The number of benzene rings is 1. The molecule has 0 aromatic heterocycles. The van der Waals surface area contributed by atoms with Crippen LogP contribution in [0.2, 0.25) is 0 Å². The van der Waals surface area contributed by atoms with Crippen LogP contribution in [0.25, 0.3) is 0 Å². The third kappa shape index (κ3) is 4.07. The van der Waals surface area contributed by atoms with Gasteiger partial charge >= 0.3 is 5.97 Å². The monoisotopic (exact) mass is 275 g/mol. The van der Waals surface area contributed by atoms with E-state index in [1.54, 1.807) is 0 Å². The van der Waals surface area contributed by atoms with E-state index in [0.717, 1.165) is 25.7 Å². The molecule has 1 aromatic rings. The lowest BCUT2D eigenvalue weighted by molar-refractivity contribution is -0.139. The van der Waals surface area contributed by atoms with Gasteiger partial charge in [-0.1, -0.05) is 50.1 Å². The predicted octanol–water partition coefficient (Wildman–Crippen LogP) is 3.34. The van der Waals surface area contributed by atoms with Crippen molar-refractivity contribution < 1.29 is 9.90 Å². The highest BCUT2D eigenvalue weighted by Crippen LogP contribution is 2.27. The second kappa shape index (κ2) is 7.44. The van der Waals surface area contributed by atoms with Crippen molar-refractivity contribution in [2.75, 3.05) is 6.54 Å². The third-order valence-electron chi connectivity index (χ3n) is 4.37. The quantitative estimate of drug-likeness (QED) is 0.829. The molecule has 2 rings (SSSR count). The zero-order valence-corrected chi connectivity index (χ0v) is 12.3. The van der Waals surface area contributed by atoms with Gasteiger partial charge in [-0.2, -0.15) is 0 Å². The van der Waals surface area contributed by atoms with Crippen LogP contribution in [-0.4, -0.2) is 34.6 Å². The Kier molecular flexibility index (Phi) is 5.60. The maximum atomic E-state index is 11.2. The van der Waals surface area contributed by atoms with Crippen molar-refractivity contribution in [2.45, 2.75) is 57.5 Å². The molecule has 1 N–H and O–H groups in total. The molecule has 0 spiro atoms. The van der Waals surface area contributed by atoms with E-state index in [-0.39, 0.29) is 6.54 Å². The molecule has 3 heteroatoms. The van der Waals surface area contributed by atoms with Crippen LogP contribution in [0.1, 0.15) is 44.6 Å². The van der Waals surface area contributed by atoms with Gasteiger partial charge in [-0.3, -0.25) is 9.69 Å². The molecular formula is C17H25NO2. The van der Waals surface area contributed by atoms with Crippen LogP contribution in [0, 0.1) is 0 Å². The molecule has 1 unspecified atom stereocenters. The first-order chi connectivity index (χ1) is 9.70. The Labute approximate surface area is 121 Å². The SMILES string of the molecule is CCC(Cc1ccccc1)N(CC(=O)O)C1CCCC1. The summed E-state index contributed by atoms with van der Waals surface area (Å²) in [5.41, 5.74) is 1.30. The number of carboxylic acid groups (broad SMARTS) is 1. The average molecular weight is 275 g/mol. The van der Waals surface area contributed by atoms with Crippen molar-refractivity contribution in [2.24, 2.45) is 0 Å². The number of carboxylic acids is 1. The molecule has 110 valence electrons. The molecule has 1 atom stereocenters. The summed E-state index contributed by atoms with van der Waals surface area (Å²) in [5, 5.41) is 9.21. The Morgan fingerprint density at radius 3 is 2.50 bits per heavy atom. The van der Waals surface area contributed by atoms with E-state index in [1.165, 1.54) is 18.4 Å². The summed E-state index contributed by atoms with van der Waals surface area (Å²) >= 11 is 0. The van der Waals surface area contributed by atoms with Crippen molar-refractivity contribution >= 4 is 5.97 Å². The Hall–Kier alpha value is -1.35. The lowest BCUT2D eigenvalue weighted by atomic mass is 10.00. The smallest absolute Gasteiger partial charge is 0.317 e. The first-order valence-corrected chi connectivity index (χ1v) is 7.72. The Bertz CT molecular complexity index is 412. The van der Waals surface area contributed by atoms with E-state index >= 15 is 0 Å². The number of hydrogen-bond donors (Lipinski definition) is 1. The van der Waals surface area contributed by atoms with Crippen molar-refractivity contribution in [1.82, 2.24) is 4.90 Å². The second-order valence-electron chi connectivity index (χ2n) is 5.76. The minimum Gasteiger partial charge on any atom is -0.480 e. The van der Waals surface area contributed by atoms with Gasteiger partial charge in [-0.15, -0.1) is 0 Å². The van der Waals surface area contributed by atoms with Crippen LogP contribution < -0.4 is 0 Å². The predicted molar refractivity (Wildman–Crippen MR) is 80.8 cm³/mol. The average Bonchev–Trinajstić information content (AvgIpc) is 2.97. The summed E-state index contributed by atoms with van der Waals surface area (Å²) in [6.07, 6.45) is 6.72. The maximum absolute atomic E-state index is 11.2. The fourth-order valence-electron chi connectivity index (χ4n) is 3.33.